The lowest BCUT2D eigenvalue weighted by Gasteiger charge is -2.25. The highest BCUT2D eigenvalue weighted by Crippen LogP contribution is 2.26. The number of ether oxygens (including phenoxy) is 1. The molecule has 74 valence electrons. The third kappa shape index (κ3) is 2.95. The van der Waals surface area contributed by atoms with Crippen LogP contribution in [0.1, 0.15) is 27.7 Å². The summed E-state index contributed by atoms with van der Waals surface area (Å²) in [6.07, 6.45) is 1.70. The van der Waals surface area contributed by atoms with Crippen molar-refractivity contribution in [3.05, 3.63) is 11.5 Å². The van der Waals surface area contributed by atoms with Gasteiger partial charge in [0.25, 0.3) is 0 Å². The van der Waals surface area contributed by atoms with Crippen LogP contribution in [0.3, 0.4) is 0 Å². The molecule has 0 radical (unpaired) electrons. The van der Waals surface area contributed by atoms with Crippen LogP contribution in [-0.2, 0) is 4.74 Å². The van der Waals surface area contributed by atoms with E-state index in [0.717, 1.165) is 0 Å². The molecule has 1 aliphatic heterocycles. The maximum atomic E-state index is 11.5. The molecule has 0 N–H and O–H groups in total. The third-order valence-electron chi connectivity index (χ3n) is 1.47. The van der Waals surface area contributed by atoms with Crippen molar-refractivity contribution < 1.29 is 9.53 Å². The number of carbonyl (C=O) groups excluding carboxylic acids is 1. The molecule has 0 saturated carbocycles. The maximum absolute atomic E-state index is 11.5. The smallest absolute Gasteiger partial charge is 0.421 e. The Morgan fingerprint density at radius 3 is 2.54 bits per heavy atom. The fraction of sp³-hybridized carbons (Fsp3) is 0.667. The van der Waals surface area contributed by atoms with Crippen molar-refractivity contribution in [2.45, 2.75) is 39.3 Å². The predicted molar refractivity (Wildman–Crippen MR) is 54.3 cm³/mol. The van der Waals surface area contributed by atoms with Crippen LogP contribution in [0.25, 0.3) is 0 Å². The first-order valence-corrected chi connectivity index (χ1v) is 5.09. The van der Waals surface area contributed by atoms with Gasteiger partial charge in [-0.05, 0) is 45.1 Å². The molecule has 0 fully saturated rings. The maximum Gasteiger partial charge on any atom is 0.421 e. The molecule has 0 saturated heterocycles. The fourth-order valence-electron chi connectivity index (χ4n) is 0.905. The van der Waals surface area contributed by atoms with Crippen LogP contribution in [-0.4, -0.2) is 22.0 Å². The number of amides is 1. The molecule has 3 nitrogen and oxygen atoms in total. The molecule has 1 atom stereocenters. The summed E-state index contributed by atoms with van der Waals surface area (Å²) in [6, 6.07) is 0.125. The summed E-state index contributed by atoms with van der Waals surface area (Å²) in [5.74, 6) is 0. The Kier molecular flexibility index (Phi) is 2.91. The highest BCUT2D eigenvalue weighted by atomic mass is 32.2. The average Bonchev–Trinajstić information content (AvgIpc) is 2.30. The Morgan fingerprint density at radius 1 is 1.54 bits per heavy atom. The summed E-state index contributed by atoms with van der Waals surface area (Å²) in [7, 11) is 0. The van der Waals surface area contributed by atoms with Gasteiger partial charge in [-0.1, -0.05) is 6.08 Å². The Hall–Kier alpha value is -0.640. The number of hydrogen-bond donors (Lipinski definition) is 0. The van der Waals surface area contributed by atoms with E-state index in [2.05, 4.69) is 0 Å². The molecule has 0 aromatic carbocycles. The van der Waals surface area contributed by atoms with E-state index in [9.17, 15) is 4.79 Å². The molecule has 0 spiro atoms. The molecule has 0 aromatic rings. The van der Waals surface area contributed by atoms with Gasteiger partial charge in [0.15, 0.2) is 0 Å². The second kappa shape index (κ2) is 3.62. The molecule has 13 heavy (non-hydrogen) atoms. The van der Waals surface area contributed by atoms with Gasteiger partial charge < -0.3 is 4.74 Å². The highest BCUT2D eigenvalue weighted by Gasteiger charge is 2.27. The van der Waals surface area contributed by atoms with Crippen LogP contribution in [0.2, 0.25) is 0 Å². The number of rotatable bonds is 0. The van der Waals surface area contributed by atoms with Crippen molar-refractivity contribution >= 4 is 18.0 Å². The van der Waals surface area contributed by atoms with E-state index in [1.165, 1.54) is 11.9 Å². The Balaban J connectivity index is 2.50. The summed E-state index contributed by atoms with van der Waals surface area (Å²) in [5.41, 5.74) is -0.417. The predicted octanol–water partition coefficient (Wildman–Crippen LogP) is 2.79. The van der Waals surface area contributed by atoms with Crippen LogP contribution in [0.5, 0.6) is 0 Å². The normalized spacial score (nSPS) is 22.2. The van der Waals surface area contributed by atoms with Crippen LogP contribution in [0, 0.1) is 0 Å². The number of nitrogens with zero attached hydrogens (tertiary/aromatic N) is 1. The summed E-state index contributed by atoms with van der Waals surface area (Å²) >= 11 is 1.38. The van der Waals surface area contributed by atoms with Crippen molar-refractivity contribution in [2.75, 3.05) is 0 Å². The second-order valence-corrected chi connectivity index (χ2v) is 4.86. The molecule has 1 amide bonds. The number of hydrogen-bond acceptors (Lipinski definition) is 3. The third-order valence-corrected chi connectivity index (χ3v) is 2.46. The van der Waals surface area contributed by atoms with E-state index in [0.29, 0.717) is 0 Å². The SMILES string of the molecule is CC1C=CSN1C(=O)OC(C)(C)C. The van der Waals surface area contributed by atoms with Gasteiger partial charge in [-0.15, -0.1) is 0 Å². The van der Waals surface area contributed by atoms with Crippen molar-refractivity contribution in [3.8, 4) is 0 Å². The summed E-state index contributed by atoms with van der Waals surface area (Å²) in [4.78, 5) is 11.5. The summed E-state index contributed by atoms with van der Waals surface area (Å²) in [5, 5.41) is 1.90. The van der Waals surface area contributed by atoms with Gasteiger partial charge in [0, 0.05) is 0 Å². The van der Waals surface area contributed by atoms with Gasteiger partial charge >= 0.3 is 6.09 Å². The van der Waals surface area contributed by atoms with E-state index in [-0.39, 0.29) is 12.1 Å². The molecule has 1 aliphatic rings. The lowest BCUT2D eigenvalue weighted by atomic mass is 10.2. The van der Waals surface area contributed by atoms with Crippen molar-refractivity contribution in [2.24, 2.45) is 0 Å². The van der Waals surface area contributed by atoms with E-state index in [1.54, 1.807) is 4.31 Å². The van der Waals surface area contributed by atoms with Crippen molar-refractivity contribution in [1.29, 1.82) is 0 Å². The Bertz CT molecular complexity index is 232. The molecular formula is C9H15NO2S. The standard InChI is InChI=1S/C9H15NO2S/c1-7-5-6-13-10(7)8(11)12-9(2,3)4/h5-7H,1-4H3. The van der Waals surface area contributed by atoms with Gasteiger partial charge in [-0.3, -0.25) is 0 Å². The largest absolute Gasteiger partial charge is 0.443 e. The molecular weight excluding hydrogens is 186 g/mol. The molecule has 0 bridgehead atoms. The minimum atomic E-state index is -0.417. The van der Waals surface area contributed by atoms with Gasteiger partial charge in [0.1, 0.15) is 5.60 Å². The minimum absolute atomic E-state index is 0.125. The van der Waals surface area contributed by atoms with Crippen LogP contribution < -0.4 is 0 Å². The van der Waals surface area contributed by atoms with E-state index < -0.39 is 5.60 Å². The zero-order valence-electron chi connectivity index (χ0n) is 8.40. The number of carbonyl (C=O) groups is 1. The minimum Gasteiger partial charge on any atom is -0.443 e. The van der Waals surface area contributed by atoms with Crippen LogP contribution >= 0.6 is 11.9 Å². The average molecular weight is 201 g/mol. The van der Waals surface area contributed by atoms with Gasteiger partial charge in [0.2, 0.25) is 0 Å². The zero-order chi connectivity index (χ0) is 10.1. The second-order valence-electron chi connectivity index (χ2n) is 3.98. The van der Waals surface area contributed by atoms with Crippen molar-refractivity contribution in [3.63, 3.8) is 0 Å². The molecule has 0 aromatic heterocycles. The highest BCUT2D eigenvalue weighted by molar-refractivity contribution is 8.00. The lowest BCUT2D eigenvalue weighted by Crippen LogP contribution is -2.34. The quantitative estimate of drug-likeness (QED) is 0.564. The first-order valence-electron chi connectivity index (χ1n) is 4.26. The van der Waals surface area contributed by atoms with Gasteiger partial charge in [0.05, 0.1) is 6.04 Å². The molecule has 1 heterocycles. The monoisotopic (exact) mass is 201 g/mol. The van der Waals surface area contributed by atoms with Crippen LogP contribution in [0.15, 0.2) is 11.5 Å². The van der Waals surface area contributed by atoms with Crippen LogP contribution in [0.4, 0.5) is 4.79 Å². The Labute approximate surface area is 83.3 Å². The molecule has 4 heteroatoms. The van der Waals surface area contributed by atoms with Gasteiger partial charge in [-0.2, -0.15) is 0 Å². The summed E-state index contributed by atoms with van der Waals surface area (Å²) in [6.45, 7) is 7.55. The zero-order valence-corrected chi connectivity index (χ0v) is 9.22. The van der Waals surface area contributed by atoms with E-state index >= 15 is 0 Å². The first-order chi connectivity index (χ1) is 5.90. The van der Waals surface area contributed by atoms with E-state index in [4.69, 9.17) is 4.74 Å². The van der Waals surface area contributed by atoms with E-state index in [1.807, 2.05) is 39.2 Å². The fourth-order valence-corrected chi connectivity index (χ4v) is 1.72. The lowest BCUT2D eigenvalue weighted by molar-refractivity contribution is 0.0389. The molecule has 1 unspecified atom stereocenters. The molecule has 1 rings (SSSR count). The topological polar surface area (TPSA) is 29.5 Å². The first kappa shape index (κ1) is 10.4. The summed E-state index contributed by atoms with van der Waals surface area (Å²) < 4.78 is 6.83. The molecule has 0 aliphatic carbocycles. The van der Waals surface area contributed by atoms with Crippen molar-refractivity contribution in [1.82, 2.24) is 4.31 Å². The Morgan fingerprint density at radius 2 is 2.15 bits per heavy atom. The van der Waals surface area contributed by atoms with Gasteiger partial charge in [-0.25, -0.2) is 9.10 Å².